The molecule has 0 saturated carbocycles. The van der Waals surface area contributed by atoms with Crippen LogP contribution in [0.1, 0.15) is 29.2 Å². The normalized spacial score (nSPS) is 19.2. The van der Waals surface area contributed by atoms with E-state index in [0.717, 1.165) is 16.7 Å². The maximum atomic E-state index is 13.2. The quantitative estimate of drug-likeness (QED) is 0.705. The number of aryl methyl sites for hydroxylation is 2. The van der Waals surface area contributed by atoms with E-state index in [0.29, 0.717) is 11.3 Å². The maximum Gasteiger partial charge on any atom is 0.325 e. The van der Waals surface area contributed by atoms with Crippen molar-refractivity contribution in [3.63, 3.8) is 0 Å². The number of benzene rings is 2. The molecule has 1 N–H and O–H groups in total. The summed E-state index contributed by atoms with van der Waals surface area (Å²) in [6.07, 6.45) is 1.48. The lowest BCUT2D eigenvalue weighted by atomic mass is 9.91. The van der Waals surface area contributed by atoms with Gasteiger partial charge in [-0.15, -0.1) is 5.10 Å². The van der Waals surface area contributed by atoms with E-state index < -0.39 is 11.6 Å². The van der Waals surface area contributed by atoms with Crippen LogP contribution in [0.15, 0.2) is 48.8 Å². The van der Waals surface area contributed by atoms with Gasteiger partial charge in [0.15, 0.2) is 0 Å². The van der Waals surface area contributed by atoms with Crippen molar-refractivity contribution >= 4 is 11.9 Å². The van der Waals surface area contributed by atoms with Gasteiger partial charge in [0.2, 0.25) is 0 Å². The summed E-state index contributed by atoms with van der Waals surface area (Å²) in [5.74, 6) is -0.287. The van der Waals surface area contributed by atoms with E-state index >= 15 is 0 Å². The second-order valence-corrected chi connectivity index (χ2v) is 7.25. The molecule has 1 aromatic heterocycles. The van der Waals surface area contributed by atoms with Gasteiger partial charge in [-0.3, -0.25) is 9.69 Å². The van der Waals surface area contributed by atoms with Gasteiger partial charge in [0.25, 0.3) is 5.91 Å². The van der Waals surface area contributed by atoms with Crippen LogP contribution in [-0.4, -0.2) is 37.0 Å². The van der Waals surface area contributed by atoms with Crippen LogP contribution < -0.4 is 5.32 Å². The molecule has 2 aromatic carbocycles. The van der Waals surface area contributed by atoms with E-state index in [-0.39, 0.29) is 12.5 Å². The molecular formula is C20H20N6O2. The summed E-state index contributed by atoms with van der Waals surface area (Å²) >= 11 is 0. The SMILES string of the molecule is Cc1cc(C)cc(CN2C(=O)N[C@](C)(c3cccc(-n4cnnn4)c3)C2=O)c1. The molecule has 0 aliphatic carbocycles. The molecule has 0 bridgehead atoms. The molecule has 8 nitrogen and oxygen atoms in total. The lowest BCUT2D eigenvalue weighted by Gasteiger charge is -2.23. The number of amides is 3. The first-order chi connectivity index (χ1) is 13.4. The number of imide groups is 1. The van der Waals surface area contributed by atoms with Gasteiger partial charge >= 0.3 is 6.03 Å². The van der Waals surface area contributed by atoms with Gasteiger partial charge in [-0.2, -0.15) is 0 Å². The molecule has 1 aliphatic heterocycles. The minimum Gasteiger partial charge on any atom is -0.319 e. The number of carbonyl (C=O) groups excluding carboxylic acids is 2. The second kappa shape index (κ2) is 6.56. The number of carbonyl (C=O) groups is 2. The summed E-state index contributed by atoms with van der Waals surface area (Å²) in [7, 11) is 0. The van der Waals surface area contributed by atoms with E-state index in [1.165, 1.54) is 15.9 Å². The molecule has 1 saturated heterocycles. The van der Waals surface area contributed by atoms with Gasteiger partial charge in [-0.05, 0) is 54.5 Å². The van der Waals surface area contributed by atoms with Crippen molar-refractivity contribution in [3.05, 3.63) is 71.0 Å². The highest BCUT2D eigenvalue weighted by Crippen LogP contribution is 2.31. The summed E-state index contributed by atoms with van der Waals surface area (Å²) in [6, 6.07) is 12.9. The third kappa shape index (κ3) is 3.02. The van der Waals surface area contributed by atoms with Crippen molar-refractivity contribution < 1.29 is 9.59 Å². The first-order valence-electron chi connectivity index (χ1n) is 8.92. The van der Waals surface area contributed by atoms with Crippen LogP contribution in [0.25, 0.3) is 5.69 Å². The minimum absolute atomic E-state index is 0.232. The number of nitrogens with one attached hydrogen (secondary N) is 1. The summed E-state index contributed by atoms with van der Waals surface area (Å²) in [4.78, 5) is 27.1. The molecule has 1 atom stereocenters. The van der Waals surface area contributed by atoms with Crippen LogP contribution in [0.3, 0.4) is 0 Å². The highest BCUT2D eigenvalue weighted by molar-refractivity contribution is 6.07. The monoisotopic (exact) mass is 376 g/mol. The smallest absolute Gasteiger partial charge is 0.319 e. The first-order valence-corrected chi connectivity index (χ1v) is 8.92. The van der Waals surface area contributed by atoms with Crippen molar-refractivity contribution in [1.82, 2.24) is 30.4 Å². The van der Waals surface area contributed by atoms with Crippen molar-refractivity contribution in [2.24, 2.45) is 0 Å². The lowest BCUT2D eigenvalue weighted by molar-refractivity contribution is -0.131. The van der Waals surface area contributed by atoms with Gasteiger partial charge in [-0.1, -0.05) is 41.5 Å². The predicted molar refractivity (Wildman–Crippen MR) is 102 cm³/mol. The minimum atomic E-state index is -1.15. The fourth-order valence-corrected chi connectivity index (χ4v) is 3.62. The molecule has 1 aliphatic rings. The molecular weight excluding hydrogens is 356 g/mol. The van der Waals surface area contributed by atoms with Crippen LogP contribution in [0.5, 0.6) is 0 Å². The molecule has 28 heavy (non-hydrogen) atoms. The summed E-state index contributed by atoms with van der Waals surface area (Å²) in [5, 5.41) is 14.0. The molecule has 0 unspecified atom stereocenters. The number of urea groups is 1. The molecule has 2 heterocycles. The average molecular weight is 376 g/mol. The summed E-state index contributed by atoms with van der Waals surface area (Å²) < 4.78 is 1.50. The zero-order valence-corrected chi connectivity index (χ0v) is 15.9. The standard InChI is InChI=1S/C20H20N6O2/c1-13-7-14(2)9-15(8-13)11-25-18(27)20(3,22-19(25)28)16-5-4-6-17(10-16)26-12-21-23-24-26/h4-10,12H,11H2,1-3H3,(H,22,28)/t20-/m1/s1. The molecule has 0 spiro atoms. The van der Waals surface area contributed by atoms with Crippen molar-refractivity contribution in [2.75, 3.05) is 0 Å². The topological polar surface area (TPSA) is 93.0 Å². The molecule has 3 aromatic rings. The van der Waals surface area contributed by atoms with Gasteiger partial charge in [0.1, 0.15) is 11.9 Å². The number of hydrogen-bond acceptors (Lipinski definition) is 5. The summed E-state index contributed by atoms with van der Waals surface area (Å²) in [6.45, 7) is 5.94. The Kier molecular flexibility index (Phi) is 4.18. The van der Waals surface area contributed by atoms with Crippen molar-refractivity contribution in [2.45, 2.75) is 32.9 Å². The van der Waals surface area contributed by atoms with Crippen LogP contribution in [0.2, 0.25) is 0 Å². The number of tetrazole rings is 1. The predicted octanol–water partition coefficient (Wildman–Crippen LogP) is 2.25. The Labute approximate surface area is 162 Å². The van der Waals surface area contributed by atoms with Crippen LogP contribution in [0.4, 0.5) is 4.79 Å². The number of nitrogens with zero attached hydrogens (tertiary/aromatic N) is 5. The first kappa shape index (κ1) is 17.8. The molecule has 0 radical (unpaired) electrons. The molecule has 4 rings (SSSR count). The molecule has 1 fully saturated rings. The van der Waals surface area contributed by atoms with E-state index in [9.17, 15) is 9.59 Å². The molecule has 142 valence electrons. The zero-order chi connectivity index (χ0) is 19.9. The Balaban J connectivity index is 1.65. The van der Waals surface area contributed by atoms with Gasteiger partial charge in [0.05, 0.1) is 12.2 Å². The number of rotatable bonds is 4. The second-order valence-electron chi connectivity index (χ2n) is 7.25. The van der Waals surface area contributed by atoms with Gasteiger partial charge in [0, 0.05) is 0 Å². The highest BCUT2D eigenvalue weighted by atomic mass is 16.2. The lowest BCUT2D eigenvalue weighted by Crippen LogP contribution is -2.40. The van der Waals surface area contributed by atoms with Crippen molar-refractivity contribution in [3.8, 4) is 5.69 Å². The third-order valence-corrected chi connectivity index (χ3v) is 4.93. The maximum absolute atomic E-state index is 13.2. The van der Waals surface area contributed by atoms with Gasteiger partial charge in [-0.25, -0.2) is 9.48 Å². The van der Waals surface area contributed by atoms with Crippen LogP contribution in [0, 0.1) is 13.8 Å². The van der Waals surface area contributed by atoms with E-state index in [1.54, 1.807) is 13.0 Å². The number of hydrogen-bond donors (Lipinski definition) is 1. The Bertz CT molecular complexity index is 1040. The fourth-order valence-electron chi connectivity index (χ4n) is 3.62. The molecule has 3 amide bonds. The zero-order valence-electron chi connectivity index (χ0n) is 15.9. The summed E-state index contributed by atoms with van der Waals surface area (Å²) in [5.41, 5.74) is 3.34. The highest BCUT2D eigenvalue weighted by Gasteiger charge is 2.49. The van der Waals surface area contributed by atoms with Crippen LogP contribution >= 0.6 is 0 Å². The average Bonchev–Trinajstić information content (AvgIpc) is 3.25. The van der Waals surface area contributed by atoms with E-state index in [1.807, 2.05) is 44.2 Å². The van der Waals surface area contributed by atoms with E-state index in [2.05, 4.69) is 26.9 Å². The van der Waals surface area contributed by atoms with Gasteiger partial charge < -0.3 is 5.32 Å². The largest absolute Gasteiger partial charge is 0.325 e. The Hall–Kier alpha value is -3.55. The fraction of sp³-hybridized carbons (Fsp3) is 0.250. The Morgan fingerprint density at radius 1 is 1.07 bits per heavy atom. The molecule has 8 heteroatoms. The number of aromatic nitrogens is 4. The van der Waals surface area contributed by atoms with Crippen LogP contribution in [-0.2, 0) is 16.9 Å². The van der Waals surface area contributed by atoms with E-state index in [4.69, 9.17) is 0 Å². The Morgan fingerprint density at radius 2 is 1.82 bits per heavy atom. The third-order valence-electron chi connectivity index (χ3n) is 4.93. The Morgan fingerprint density at radius 3 is 2.50 bits per heavy atom. The van der Waals surface area contributed by atoms with Crippen molar-refractivity contribution in [1.29, 1.82) is 0 Å².